The molecular formula is C29H36ClNO11. The van der Waals surface area contributed by atoms with Crippen LogP contribution in [0.2, 0.25) is 5.02 Å². The lowest BCUT2D eigenvalue weighted by atomic mass is 9.75. The van der Waals surface area contributed by atoms with Gasteiger partial charge in [0.1, 0.15) is 13.2 Å². The minimum absolute atomic E-state index is 0.0386. The number of halogens is 1. The maximum Gasteiger partial charge on any atom is 0.510 e. The van der Waals surface area contributed by atoms with Crippen molar-refractivity contribution in [2.45, 2.75) is 59.2 Å². The normalized spacial score (nSPS) is 15.8. The molecule has 0 spiro atoms. The van der Waals surface area contributed by atoms with Crippen LogP contribution in [0.25, 0.3) is 0 Å². The molecule has 0 N–H and O–H groups in total. The first-order valence-corrected chi connectivity index (χ1v) is 13.8. The monoisotopic (exact) mass is 609 g/mol. The summed E-state index contributed by atoms with van der Waals surface area (Å²) in [6.07, 6.45) is 1.44. The van der Waals surface area contributed by atoms with E-state index in [-0.39, 0.29) is 45.4 Å². The van der Waals surface area contributed by atoms with Gasteiger partial charge in [0.2, 0.25) is 6.29 Å². The summed E-state index contributed by atoms with van der Waals surface area (Å²) in [6, 6.07) is 7.44. The number of benzene rings is 1. The summed E-state index contributed by atoms with van der Waals surface area (Å²) < 4.78 is 25.5. The Morgan fingerprint density at radius 1 is 1.12 bits per heavy atom. The summed E-state index contributed by atoms with van der Waals surface area (Å²) in [4.78, 5) is 50.6. The van der Waals surface area contributed by atoms with Crippen molar-refractivity contribution in [2.24, 2.45) is 0 Å². The molecule has 0 fully saturated rings. The van der Waals surface area contributed by atoms with Crippen LogP contribution in [-0.2, 0) is 38.1 Å². The minimum atomic E-state index is -1.41. The molecule has 2 atom stereocenters. The zero-order valence-electron chi connectivity index (χ0n) is 24.1. The second kappa shape index (κ2) is 17.8. The molecule has 230 valence electrons. The van der Waals surface area contributed by atoms with E-state index in [2.05, 4.69) is 14.3 Å². The van der Waals surface area contributed by atoms with Crippen molar-refractivity contribution in [1.82, 2.24) is 0 Å². The zero-order chi connectivity index (χ0) is 31.1. The second-order valence-corrected chi connectivity index (χ2v) is 9.63. The summed E-state index contributed by atoms with van der Waals surface area (Å²) in [5.41, 5.74) is 4.37. The van der Waals surface area contributed by atoms with Gasteiger partial charge in [-0.3, -0.25) is 9.63 Å². The molecule has 2 rings (SSSR count). The van der Waals surface area contributed by atoms with E-state index in [0.29, 0.717) is 23.4 Å². The van der Waals surface area contributed by atoms with Gasteiger partial charge in [-0.05, 0) is 69.9 Å². The van der Waals surface area contributed by atoms with Crippen molar-refractivity contribution in [3.05, 3.63) is 79.4 Å². The first kappa shape index (κ1) is 34.3. The van der Waals surface area contributed by atoms with Crippen molar-refractivity contribution in [2.75, 3.05) is 33.0 Å². The summed E-state index contributed by atoms with van der Waals surface area (Å²) in [5, 5.41) is 9.63. The second-order valence-electron chi connectivity index (χ2n) is 9.22. The lowest BCUT2D eigenvalue weighted by Crippen LogP contribution is -2.24. The topological polar surface area (TPSA) is 150 Å². The van der Waals surface area contributed by atoms with Crippen molar-refractivity contribution in [3.8, 4) is 0 Å². The molecule has 0 aliphatic heterocycles. The Morgan fingerprint density at radius 2 is 1.81 bits per heavy atom. The largest absolute Gasteiger partial charge is 0.510 e. The van der Waals surface area contributed by atoms with Gasteiger partial charge in [-0.25, -0.2) is 9.59 Å². The number of carbonyl (C=O) groups is 3. The van der Waals surface area contributed by atoms with Crippen LogP contribution in [0.3, 0.4) is 0 Å². The van der Waals surface area contributed by atoms with Crippen LogP contribution in [0.15, 0.2) is 58.7 Å². The minimum Gasteiger partial charge on any atom is -0.463 e. The number of rotatable bonds is 16. The van der Waals surface area contributed by atoms with Crippen LogP contribution in [0.1, 0.15) is 58.4 Å². The van der Waals surface area contributed by atoms with Gasteiger partial charge in [-0.15, -0.1) is 10.1 Å². The van der Waals surface area contributed by atoms with E-state index in [4.69, 9.17) is 25.8 Å². The highest BCUT2D eigenvalue weighted by molar-refractivity contribution is 6.31. The molecule has 0 bridgehead atoms. The van der Waals surface area contributed by atoms with Crippen molar-refractivity contribution in [1.29, 1.82) is 0 Å². The number of allylic oxidation sites excluding steroid dienone is 2. The Labute approximate surface area is 249 Å². The van der Waals surface area contributed by atoms with E-state index in [9.17, 15) is 24.5 Å². The van der Waals surface area contributed by atoms with Gasteiger partial charge in [0.05, 0.1) is 18.8 Å². The third-order valence-electron chi connectivity index (χ3n) is 6.21. The molecule has 0 saturated heterocycles. The lowest BCUT2D eigenvalue weighted by Gasteiger charge is -2.31. The van der Waals surface area contributed by atoms with Crippen LogP contribution in [0.4, 0.5) is 4.79 Å². The third kappa shape index (κ3) is 11.2. The lowest BCUT2D eigenvalue weighted by molar-refractivity contribution is -0.777. The molecule has 0 radical (unpaired) electrons. The molecule has 42 heavy (non-hydrogen) atoms. The van der Waals surface area contributed by atoms with Gasteiger partial charge in [0.15, 0.2) is 0 Å². The molecule has 1 aliphatic rings. The predicted octanol–water partition coefficient (Wildman–Crippen LogP) is 5.63. The number of esters is 2. The third-order valence-corrected chi connectivity index (χ3v) is 6.56. The van der Waals surface area contributed by atoms with Gasteiger partial charge in [-0.1, -0.05) is 40.9 Å². The first-order chi connectivity index (χ1) is 20.0. The molecule has 0 heterocycles. The highest BCUT2D eigenvalue weighted by Crippen LogP contribution is 2.44. The summed E-state index contributed by atoms with van der Waals surface area (Å²) >= 11 is 6.52. The predicted molar refractivity (Wildman–Crippen MR) is 151 cm³/mol. The van der Waals surface area contributed by atoms with Gasteiger partial charge in [-0.2, -0.15) is 0 Å². The summed E-state index contributed by atoms with van der Waals surface area (Å²) in [7, 11) is 0. The number of hydrogen-bond acceptors (Lipinski definition) is 11. The Hall–Kier alpha value is -3.90. The first-order valence-electron chi connectivity index (χ1n) is 13.4. The van der Waals surface area contributed by atoms with E-state index in [1.54, 1.807) is 13.0 Å². The average molecular weight is 610 g/mol. The highest BCUT2D eigenvalue weighted by atomic mass is 35.5. The maximum absolute atomic E-state index is 13.1. The molecule has 0 amide bonds. The van der Waals surface area contributed by atoms with Crippen LogP contribution in [-0.4, -0.2) is 62.5 Å². The fourth-order valence-corrected chi connectivity index (χ4v) is 4.46. The number of nitrogens with zero attached hydrogens (tertiary/aromatic N) is 1. The van der Waals surface area contributed by atoms with Crippen LogP contribution in [0, 0.1) is 10.1 Å². The van der Waals surface area contributed by atoms with Gasteiger partial charge < -0.3 is 23.7 Å². The van der Waals surface area contributed by atoms with Gasteiger partial charge >= 0.3 is 18.1 Å². The maximum atomic E-state index is 13.1. The van der Waals surface area contributed by atoms with Crippen molar-refractivity contribution >= 4 is 29.7 Å². The van der Waals surface area contributed by atoms with Crippen molar-refractivity contribution < 1.29 is 48.0 Å². The van der Waals surface area contributed by atoms with E-state index >= 15 is 0 Å². The molecule has 1 aliphatic carbocycles. The Bertz CT molecular complexity index is 1210. The Kier molecular flexibility index (Phi) is 14.5. The molecule has 12 nitrogen and oxygen atoms in total. The van der Waals surface area contributed by atoms with E-state index in [1.807, 2.05) is 32.0 Å². The van der Waals surface area contributed by atoms with Gasteiger partial charge in [0.25, 0.3) is 5.09 Å². The molecule has 0 saturated carbocycles. The quantitative estimate of drug-likeness (QED) is 0.0436. The number of carbonyl (C=O) groups excluding carboxylic acids is 3. The molecule has 13 heteroatoms. The molecule has 0 aromatic heterocycles. The molecule has 2 unspecified atom stereocenters. The van der Waals surface area contributed by atoms with E-state index < -0.39 is 29.5 Å². The average Bonchev–Trinajstić information content (AvgIpc) is 2.92. The molecule has 1 aromatic rings. The molecular weight excluding hydrogens is 574 g/mol. The SMILES string of the molecule is CCOC(=O)C1=C(COCCCC(=O)OC/C=C\COC(=O)OC(C)O[N+](=O)[O-])CC(C)=C(C)C1c1ccccc1Cl. The fourth-order valence-electron chi connectivity index (χ4n) is 4.21. The Balaban J connectivity index is 1.81. The zero-order valence-corrected chi connectivity index (χ0v) is 24.8. The molecule has 1 aromatic carbocycles. The standard InChI is InChI=1S/C29H36ClNO11/c1-5-38-28(33)27-22(17-19(2)20(3)26(27)23-11-6-7-12-24(23)30)18-37-14-10-13-25(32)39-15-8-9-16-40-29(34)41-21(4)42-31(35)36/h6-9,11-12,21,26H,5,10,13-18H2,1-4H3/b9-8-. The number of hydrogen-bond donors (Lipinski definition) is 0. The highest BCUT2D eigenvalue weighted by Gasteiger charge is 2.34. The fraction of sp³-hybridized carbons (Fsp3) is 0.483. The van der Waals surface area contributed by atoms with E-state index in [0.717, 1.165) is 29.2 Å². The van der Waals surface area contributed by atoms with Crippen LogP contribution >= 0.6 is 11.6 Å². The number of ether oxygens (including phenoxy) is 5. The smallest absolute Gasteiger partial charge is 0.463 e. The van der Waals surface area contributed by atoms with Crippen LogP contribution in [0.5, 0.6) is 0 Å². The summed E-state index contributed by atoms with van der Waals surface area (Å²) in [5.74, 6) is -1.17. The van der Waals surface area contributed by atoms with Gasteiger partial charge in [0, 0.05) is 24.0 Å². The van der Waals surface area contributed by atoms with E-state index in [1.165, 1.54) is 12.2 Å². The summed E-state index contributed by atoms with van der Waals surface area (Å²) in [6.45, 7) is 7.44. The van der Waals surface area contributed by atoms with Crippen LogP contribution < -0.4 is 0 Å². The van der Waals surface area contributed by atoms with Crippen molar-refractivity contribution in [3.63, 3.8) is 0 Å². The Morgan fingerprint density at radius 3 is 2.48 bits per heavy atom.